The molecule has 0 N–H and O–H groups in total. The molecule has 2 aromatic carbocycles. The number of hydrogen-bond donors (Lipinski definition) is 0. The van der Waals surface area contributed by atoms with E-state index in [1.54, 1.807) is 0 Å². The van der Waals surface area contributed by atoms with E-state index in [-0.39, 0.29) is 6.10 Å². The molecule has 0 bridgehead atoms. The van der Waals surface area contributed by atoms with Crippen molar-refractivity contribution in [3.05, 3.63) is 65.2 Å². The monoisotopic (exact) mass is 287 g/mol. The summed E-state index contributed by atoms with van der Waals surface area (Å²) in [4.78, 5) is 2.42. The summed E-state index contributed by atoms with van der Waals surface area (Å²) in [5.41, 5.74) is 1.36. The molecule has 1 fully saturated rings. The van der Waals surface area contributed by atoms with Crippen LogP contribution in [-0.2, 0) is 0 Å². The summed E-state index contributed by atoms with van der Waals surface area (Å²) in [6, 6.07) is 18.6. The van der Waals surface area contributed by atoms with Gasteiger partial charge in [-0.25, -0.2) is 0 Å². The first-order chi connectivity index (χ1) is 9.72. The van der Waals surface area contributed by atoms with Gasteiger partial charge in [0.1, 0.15) is 11.9 Å². The van der Waals surface area contributed by atoms with Gasteiger partial charge in [-0.15, -0.1) is 0 Å². The van der Waals surface area contributed by atoms with Crippen LogP contribution >= 0.6 is 11.6 Å². The fourth-order valence-corrected chi connectivity index (χ4v) is 2.72. The summed E-state index contributed by atoms with van der Waals surface area (Å²) in [7, 11) is 0. The first kappa shape index (κ1) is 13.5. The third-order valence-corrected chi connectivity index (χ3v) is 4.04. The van der Waals surface area contributed by atoms with Gasteiger partial charge in [-0.05, 0) is 30.7 Å². The highest BCUT2D eigenvalue weighted by Gasteiger charge is 2.32. The molecule has 0 aromatic heterocycles. The minimum Gasteiger partial charge on any atom is -0.488 e. The second-order valence-corrected chi connectivity index (χ2v) is 5.67. The van der Waals surface area contributed by atoms with Crippen LogP contribution in [0.2, 0.25) is 5.02 Å². The van der Waals surface area contributed by atoms with Crippen molar-refractivity contribution in [2.75, 3.05) is 13.1 Å². The quantitative estimate of drug-likeness (QED) is 0.837. The molecule has 0 spiro atoms. The molecule has 1 saturated heterocycles. The van der Waals surface area contributed by atoms with E-state index < -0.39 is 0 Å². The maximum absolute atomic E-state index is 5.96. The average molecular weight is 288 g/mol. The molecule has 1 aliphatic rings. The lowest BCUT2D eigenvalue weighted by Crippen LogP contribution is -2.54. The molecule has 3 rings (SSSR count). The van der Waals surface area contributed by atoms with E-state index in [2.05, 4.69) is 42.2 Å². The van der Waals surface area contributed by atoms with Crippen molar-refractivity contribution in [2.45, 2.75) is 19.1 Å². The van der Waals surface area contributed by atoms with E-state index in [1.807, 2.05) is 24.3 Å². The molecule has 3 heteroatoms. The van der Waals surface area contributed by atoms with Gasteiger partial charge in [0.05, 0.1) is 0 Å². The van der Waals surface area contributed by atoms with Crippen LogP contribution in [0.1, 0.15) is 18.5 Å². The van der Waals surface area contributed by atoms with Crippen molar-refractivity contribution < 1.29 is 4.74 Å². The van der Waals surface area contributed by atoms with Gasteiger partial charge >= 0.3 is 0 Å². The normalized spacial score (nSPS) is 17.5. The molecule has 1 unspecified atom stereocenters. The van der Waals surface area contributed by atoms with E-state index in [0.29, 0.717) is 6.04 Å². The number of rotatable bonds is 4. The van der Waals surface area contributed by atoms with Crippen LogP contribution in [-0.4, -0.2) is 24.1 Å². The van der Waals surface area contributed by atoms with Gasteiger partial charge in [-0.1, -0.05) is 48.0 Å². The van der Waals surface area contributed by atoms with Gasteiger partial charge < -0.3 is 4.74 Å². The zero-order valence-corrected chi connectivity index (χ0v) is 12.3. The van der Waals surface area contributed by atoms with Crippen LogP contribution in [0.15, 0.2) is 54.6 Å². The second-order valence-electron chi connectivity index (χ2n) is 5.24. The molecule has 0 amide bonds. The minimum atomic E-state index is 0.264. The van der Waals surface area contributed by atoms with E-state index in [4.69, 9.17) is 16.3 Å². The van der Waals surface area contributed by atoms with Gasteiger partial charge in [-0.2, -0.15) is 0 Å². The summed E-state index contributed by atoms with van der Waals surface area (Å²) in [5.74, 6) is 0.856. The van der Waals surface area contributed by atoms with Gasteiger partial charge in [0, 0.05) is 24.2 Å². The Hall–Kier alpha value is -1.51. The molecule has 0 radical (unpaired) electrons. The summed E-state index contributed by atoms with van der Waals surface area (Å²) in [6.45, 7) is 4.16. The molecule has 20 heavy (non-hydrogen) atoms. The third-order valence-electron chi connectivity index (χ3n) is 3.80. The molecule has 1 heterocycles. The fraction of sp³-hybridized carbons (Fsp3) is 0.294. The topological polar surface area (TPSA) is 12.5 Å². The number of hydrogen-bond acceptors (Lipinski definition) is 2. The van der Waals surface area contributed by atoms with Crippen molar-refractivity contribution in [3.8, 4) is 5.75 Å². The third kappa shape index (κ3) is 2.97. The molecule has 0 saturated carbocycles. The van der Waals surface area contributed by atoms with E-state index in [9.17, 15) is 0 Å². The Morgan fingerprint density at radius 1 is 1.10 bits per heavy atom. The van der Waals surface area contributed by atoms with Crippen LogP contribution in [0.3, 0.4) is 0 Å². The van der Waals surface area contributed by atoms with Crippen molar-refractivity contribution in [1.82, 2.24) is 4.90 Å². The zero-order chi connectivity index (χ0) is 13.9. The molecular weight excluding hydrogens is 270 g/mol. The highest BCUT2D eigenvalue weighted by atomic mass is 35.5. The van der Waals surface area contributed by atoms with Crippen LogP contribution < -0.4 is 4.74 Å². The van der Waals surface area contributed by atoms with Crippen LogP contribution in [0, 0.1) is 0 Å². The standard InChI is InChI=1S/C17H18ClNO/c1-13(14-6-3-2-4-7-14)19-11-17(12-19)20-16-9-5-8-15(18)10-16/h2-10,13,17H,11-12H2,1H3. The zero-order valence-electron chi connectivity index (χ0n) is 11.5. The van der Waals surface area contributed by atoms with Crippen molar-refractivity contribution in [3.63, 3.8) is 0 Å². The van der Waals surface area contributed by atoms with Gasteiger partial charge in [-0.3, -0.25) is 4.90 Å². The maximum atomic E-state index is 5.96. The number of halogens is 1. The molecule has 2 aromatic rings. The maximum Gasteiger partial charge on any atom is 0.124 e. The number of ether oxygens (including phenoxy) is 1. The average Bonchev–Trinajstić information content (AvgIpc) is 2.43. The van der Waals surface area contributed by atoms with Crippen LogP contribution in [0.25, 0.3) is 0 Å². The Morgan fingerprint density at radius 3 is 2.55 bits per heavy atom. The molecule has 1 aliphatic heterocycles. The molecule has 1 atom stereocenters. The summed E-state index contributed by atoms with van der Waals surface area (Å²) < 4.78 is 5.92. The Bertz CT molecular complexity index is 566. The second kappa shape index (κ2) is 5.86. The minimum absolute atomic E-state index is 0.264. The van der Waals surface area contributed by atoms with E-state index >= 15 is 0 Å². The van der Waals surface area contributed by atoms with Gasteiger partial charge in [0.15, 0.2) is 0 Å². The van der Waals surface area contributed by atoms with Crippen molar-refractivity contribution in [1.29, 1.82) is 0 Å². The van der Waals surface area contributed by atoms with Crippen molar-refractivity contribution >= 4 is 11.6 Å². The summed E-state index contributed by atoms with van der Waals surface area (Å²) >= 11 is 5.96. The first-order valence-corrected chi connectivity index (χ1v) is 7.31. The summed E-state index contributed by atoms with van der Waals surface area (Å²) in [5, 5.41) is 0.719. The lowest BCUT2D eigenvalue weighted by molar-refractivity contribution is -0.00521. The Kier molecular flexibility index (Phi) is 3.95. The lowest BCUT2D eigenvalue weighted by Gasteiger charge is -2.43. The highest BCUT2D eigenvalue weighted by molar-refractivity contribution is 6.30. The van der Waals surface area contributed by atoms with Gasteiger partial charge in [0.2, 0.25) is 0 Å². The van der Waals surface area contributed by atoms with Crippen molar-refractivity contribution in [2.24, 2.45) is 0 Å². The predicted octanol–water partition coefficient (Wildman–Crippen LogP) is 4.16. The molecule has 0 aliphatic carbocycles. The fourth-order valence-electron chi connectivity index (χ4n) is 2.54. The SMILES string of the molecule is CC(c1ccccc1)N1CC(Oc2cccc(Cl)c2)C1. The Morgan fingerprint density at radius 2 is 1.85 bits per heavy atom. The first-order valence-electron chi connectivity index (χ1n) is 6.93. The lowest BCUT2D eigenvalue weighted by atomic mass is 10.0. The highest BCUT2D eigenvalue weighted by Crippen LogP contribution is 2.28. The van der Waals surface area contributed by atoms with Gasteiger partial charge in [0.25, 0.3) is 0 Å². The molecule has 2 nitrogen and oxygen atoms in total. The predicted molar refractivity (Wildman–Crippen MR) is 82.3 cm³/mol. The largest absolute Gasteiger partial charge is 0.488 e. The Balaban J connectivity index is 1.54. The number of benzene rings is 2. The molecule has 104 valence electrons. The summed E-state index contributed by atoms with van der Waals surface area (Å²) in [6.07, 6.45) is 0.264. The Labute approximate surface area is 124 Å². The van der Waals surface area contributed by atoms with Crippen LogP contribution in [0.5, 0.6) is 5.75 Å². The smallest absolute Gasteiger partial charge is 0.124 e. The van der Waals surface area contributed by atoms with Crippen LogP contribution in [0.4, 0.5) is 0 Å². The van der Waals surface area contributed by atoms with E-state index in [1.165, 1.54) is 5.56 Å². The molecular formula is C17H18ClNO. The number of nitrogens with zero attached hydrogens (tertiary/aromatic N) is 1. The number of likely N-dealkylation sites (tertiary alicyclic amines) is 1. The van der Waals surface area contributed by atoms with E-state index in [0.717, 1.165) is 23.9 Å².